The second-order valence-corrected chi connectivity index (χ2v) is 3.44. The smallest absolute Gasteiger partial charge is 0.323 e. The van der Waals surface area contributed by atoms with Gasteiger partial charge in [-0.15, -0.1) is 0 Å². The molecule has 0 fully saturated rings. The molecule has 0 bridgehead atoms. The highest BCUT2D eigenvalue weighted by molar-refractivity contribution is 5.77. The summed E-state index contributed by atoms with van der Waals surface area (Å²) >= 11 is 0. The quantitative estimate of drug-likeness (QED) is 0.659. The van der Waals surface area contributed by atoms with Crippen molar-refractivity contribution in [1.82, 2.24) is 0 Å². The van der Waals surface area contributed by atoms with Crippen molar-refractivity contribution in [2.24, 2.45) is 5.73 Å². The number of nitrogens with two attached hydrogens (primary N) is 1. The van der Waals surface area contributed by atoms with Gasteiger partial charge in [0, 0.05) is 6.42 Å². The van der Waals surface area contributed by atoms with E-state index in [2.05, 4.69) is 0 Å². The van der Waals surface area contributed by atoms with Gasteiger partial charge < -0.3 is 15.2 Å². The largest absolute Gasteiger partial charge is 0.466 e. The van der Waals surface area contributed by atoms with Crippen LogP contribution in [0.5, 0.6) is 0 Å². The minimum absolute atomic E-state index is 0.141. The first-order valence-corrected chi connectivity index (χ1v) is 5.09. The highest BCUT2D eigenvalue weighted by Gasteiger charge is 2.17. The maximum Gasteiger partial charge on any atom is 0.323 e. The summed E-state index contributed by atoms with van der Waals surface area (Å²) < 4.78 is 9.59. The van der Waals surface area contributed by atoms with Gasteiger partial charge in [-0.25, -0.2) is 0 Å². The SMILES string of the molecule is CCOC(=O)CCC(N)C(=O)OC(C)C. The standard InChI is InChI=1S/C10H19NO4/c1-4-14-9(12)6-5-8(11)10(13)15-7(2)3/h7-8H,4-6,11H2,1-3H3. The molecule has 15 heavy (non-hydrogen) atoms. The number of hydrogen-bond acceptors (Lipinski definition) is 5. The van der Waals surface area contributed by atoms with E-state index in [0.29, 0.717) is 6.61 Å². The van der Waals surface area contributed by atoms with E-state index in [1.807, 2.05) is 0 Å². The van der Waals surface area contributed by atoms with E-state index in [1.54, 1.807) is 20.8 Å². The van der Waals surface area contributed by atoms with Gasteiger partial charge in [0.1, 0.15) is 6.04 Å². The fourth-order valence-electron chi connectivity index (χ4n) is 0.944. The molecule has 0 saturated carbocycles. The Labute approximate surface area is 89.9 Å². The van der Waals surface area contributed by atoms with Gasteiger partial charge in [-0.1, -0.05) is 0 Å². The normalized spacial score (nSPS) is 12.3. The lowest BCUT2D eigenvalue weighted by Gasteiger charge is -2.13. The van der Waals surface area contributed by atoms with Crippen molar-refractivity contribution in [3.8, 4) is 0 Å². The van der Waals surface area contributed by atoms with Crippen LogP contribution in [0.4, 0.5) is 0 Å². The molecular formula is C10H19NO4. The number of rotatable bonds is 6. The van der Waals surface area contributed by atoms with E-state index in [0.717, 1.165) is 0 Å². The van der Waals surface area contributed by atoms with Gasteiger partial charge in [0.15, 0.2) is 0 Å². The van der Waals surface area contributed by atoms with Crippen molar-refractivity contribution in [3.05, 3.63) is 0 Å². The summed E-state index contributed by atoms with van der Waals surface area (Å²) in [6.07, 6.45) is 0.207. The third kappa shape index (κ3) is 6.90. The molecule has 1 unspecified atom stereocenters. The van der Waals surface area contributed by atoms with E-state index in [4.69, 9.17) is 15.2 Å². The number of carbonyl (C=O) groups is 2. The summed E-state index contributed by atoms with van der Waals surface area (Å²) in [6, 6.07) is -0.753. The molecule has 0 amide bonds. The molecular weight excluding hydrogens is 198 g/mol. The van der Waals surface area contributed by atoms with Gasteiger partial charge >= 0.3 is 11.9 Å². The predicted molar refractivity (Wildman–Crippen MR) is 55.1 cm³/mol. The van der Waals surface area contributed by atoms with E-state index in [1.165, 1.54) is 0 Å². The van der Waals surface area contributed by atoms with Gasteiger partial charge in [-0.2, -0.15) is 0 Å². The zero-order valence-electron chi connectivity index (χ0n) is 9.49. The lowest BCUT2D eigenvalue weighted by molar-refractivity contribution is -0.149. The van der Waals surface area contributed by atoms with Crippen LogP contribution in [0.1, 0.15) is 33.6 Å². The van der Waals surface area contributed by atoms with Crippen molar-refractivity contribution < 1.29 is 19.1 Å². The van der Waals surface area contributed by atoms with Crippen molar-refractivity contribution >= 4 is 11.9 Å². The Balaban J connectivity index is 3.77. The topological polar surface area (TPSA) is 78.6 Å². The Morgan fingerprint density at radius 3 is 2.40 bits per heavy atom. The molecule has 0 aliphatic carbocycles. The Morgan fingerprint density at radius 1 is 1.33 bits per heavy atom. The minimum Gasteiger partial charge on any atom is -0.466 e. The monoisotopic (exact) mass is 217 g/mol. The Morgan fingerprint density at radius 2 is 1.93 bits per heavy atom. The van der Waals surface area contributed by atoms with E-state index < -0.39 is 12.0 Å². The average Bonchev–Trinajstić information content (AvgIpc) is 2.13. The first-order valence-electron chi connectivity index (χ1n) is 5.09. The summed E-state index contributed by atoms with van der Waals surface area (Å²) in [6.45, 7) is 5.56. The van der Waals surface area contributed by atoms with Crippen LogP contribution in [-0.4, -0.2) is 30.7 Å². The molecule has 0 aliphatic heterocycles. The first kappa shape index (κ1) is 13.9. The Hall–Kier alpha value is -1.10. The molecule has 0 aromatic rings. The van der Waals surface area contributed by atoms with Crippen LogP contribution < -0.4 is 5.73 Å². The molecule has 0 saturated heterocycles. The molecule has 5 nitrogen and oxygen atoms in total. The summed E-state index contributed by atoms with van der Waals surface area (Å²) in [5, 5.41) is 0. The minimum atomic E-state index is -0.753. The number of ether oxygens (including phenoxy) is 2. The number of hydrogen-bond donors (Lipinski definition) is 1. The molecule has 5 heteroatoms. The van der Waals surface area contributed by atoms with Gasteiger partial charge in [0.05, 0.1) is 12.7 Å². The molecule has 0 aromatic heterocycles. The van der Waals surface area contributed by atoms with Crippen molar-refractivity contribution in [1.29, 1.82) is 0 Å². The third-order valence-electron chi connectivity index (χ3n) is 1.62. The van der Waals surface area contributed by atoms with Gasteiger partial charge in [-0.3, -0.25) is 9.59 Å². The second kappa shape index (κ2) is 7.23. The molecule has 88 valence electrons. The van der Waals surface area contributed by atoms with Crippen molar-refractivity contribution in [3.63, 3.8) is 0 Å². The Kier molecular flexibility index (Phi) is 6.70. The molecule has 0 aliphatic rings. The molecule has 0 radical (unpaired) electrons. The maximum atomic E-state index is 11.2. The molecule has 0 heterocycles. The van der Waals surface area contributed by atoms with Crippen molar-refractivity contribution in [2.75, 3.05) is 6.61 Å². The summed E-state index contributed by atoms with van der Waals surface area (Å²) in [4.78, 5) is 22.2. The highest BCUT2D eigenvalue weighted by atomic mass is 16.5. The zero-order valence-corrected chi connectivity index (χ0v) is 9.49. The fraction of sp³-hybridized carbons (Fsp3) is 0.800. The van der Waals surface area contributed by atoms with Crippen LogP contribution in [-0.2, 0) is 19.1 Å². The van der Waals surface area contributed by atoms with Crippen LogP contribution in [0.2, 0.25) is 0 Å². The molecule has 1 atom stereocenters. The highest BCUT2D eigenvalue weighted by Crippen LogP contribution is 2.01. The van der Waals surface area contributed by atoms with Gasteiger partial charge in [-0.05, 0) is 27.2 Å². The zero-order chi connectivity index (χ0) is 11.8. The molecule has 2 N–H and O–H groups in total. The summed E-state index contributed by atoms with van der Waals surface area (Å²) in [5.41, 5.74) is 5.53. The molecule has 0 spiro atoms. The van der Waals surface area contributed by atoms with Crippen LogP contribution in [0.15, 0.2) is 0 Å². The average molecular weight is 217 g/mol. The lowest BCUT2D eigenvalue weighted by Crippen LogP contribution is -2.34. The van der Waals surface area contributed by atoms with Gasteiger partial charge in [0.2, 0.25) is 0 Å². The van der Waals surface area contributed by atoms with Crippen LogP contribution in [0.25, 0.3) is 0 Å². The van der Waals surface area contributed by atoms with Crippen molar-refractivity contribution in [2.45, 2.75) is 45.8 Å². The van der Waals surface area contributed by atoms with Crippen LogP contribution in [0.3, 0.4) is 0 Å². The van der Waals surface area contributed by atoms with Crippen LogP contribution >= 0.6 is 0 Å². The van der Waals surface area contributed by atoms with E-state index >= 15 is 0 Å². The Bertz CT molecular complexity index is 215. The molecule has 0 rings (SSSR count). The van der Waals surface area contributed by atoms with E-state index in [-0.39, 0.29) is 24.9 Å². The van der Waals surface area contributed by atoms with Crippen LogP contribution in [0, 0.1) is 0 Å². The van der Waals surface area contributed by atoms with Gasteiger partial charge in [0.25, 0.3) is 0 Å². The third-order valence-corrected chi connectivity index (χ3v) is 1.62. The first-order chi connectivity index (χ1) is 6.97. The summed E-state index contributed by atoms with van der Waals surface area (Å²) in [5.74, 6) is -0.820. The predicted octanol–water partition coefficient (Wildman–Crippen LogP) is 0.609. The lowest BCUT2D eigenvalue weighted by atomic mass is 10.2. The number of esters is 2. The number of carbonyl (C=O) groups excluding carboxylic acids is 2. The maximum absolute atomic E-state index is 11.2. The molecule has 0 aromatic carbocycles. The fourth-order valence-corrected chi connectivity index (χ4v) is 0.944. The van der Waals surface area contributed by atoms with E-state index in [9.17, 15) is 9.59 Å². The second-order valence-electron chi connectivity index (χ2n) is 3.44. The summed E-state index contributed by atoms with van der Waals surface area (Å²) in [7, 11) is 0.